The summed E-state index contributed by atoms with van der Waals surface area (Å²) in [6.45, 7) is 3.14. The zero-order valence-corrected chi connectivity index (χ0v) is 11.7. The average Bonchev–Trinajstić information content (AvgIpc) is 2.69. The van der Waals surface area contributed by atoms with Crippen LogP contribution in [-0.2, 0) is 11.2 Å². The van der Waals surface area contributed by atoms with Crippen LogP contribution in [0.3, 0.4) is 0 Å². The first-order valence-corrected chi connectivity index (χ1v) is 6.68. The highest BCUT2D eigenvalue weighted by molar-refractivity contribution is 5.60. The van der Waals surface area contributed by atoms with Crippen molar-refractivity contribution in [1.82, 2.24) is 0 Å². The van der Waals surface area contributed by atoms with Crippen LogP contribution < -0.4 is 5.11 Å². The lowest BCUT2D eigenvalue weighted by molar-refractivity contribution is -0.941. The molecule has 0 saturated carbocycles. The number of aliphatic carboxylic acids is 1. The molecular weight excluding hydrogens is 242 g/mol. The number of carbonyl (C=O) groups excluding carboxylic acids is 1. The molecule has 1 N–H and O–H groups in total. The van der Waals surface area contributed by atoms with E-state index >= 15 is 0 Å². The maximum atomic E-state index is 9.90. The number of quaternary nitrogens is 1. The summed E-state index contributed by atoms with van der Waals surface area (Å²) in [5, 5.41) is 18.8. The molecular formula is C15H23NO3. The van der Waals surface area contributed by atoms with Gasteiger partial charge in [-0.25, -0.2) is 0 Å². The van der Waals surface area contributed by atoms with Crippen LogP contribution >= 0.6 is 0 Å². The van der Waals surface area contributed by atoms with Crippen molar-refractivity contribution in [3.05, 3.63) is 35.9 Å². The molecule has 0 spiro atoms. The molecule has 0 bridgehead atoms. The van der Waals surface area contributed by atoms with Gasteiger partial charge in [-0.15, -0.1) is 0 Å². The number of likely N-dealkylation sites (tertiary alicyclic amines) is 1. The first-order chi connectivity index (χ1) is 8.94. The van der Waals surface area contributed by atoms with Gasteiger partial charge in [0.1, 0.15) is 0 Å². The van der Waals surface area contributed by atoms with Crippen molar-refractivity contribution in [3.8, 4) is 0 Å². The Labute approximate surface area is 114 Å². The highest BCUT2D eigenvalue weighted by Gasteiger charge is 2.35. The molecule has 1 saturated heterocycles. The number of aliphatic hydroxyl groups is 1. The fourth-order valence-electron chi connectivity index (χ4n) is 2.39. The van der Waals surface area contributed by atoms with Crippen LogP contribution in [0.1, 0.15) is 25.3 Å². The van der Waals surface area contributed by atoms with Crippen LogP contribution in [0.5, 0.6) is 0 Å². The Morgan fingerprint density at radius 2 is 2.00 bits per heavy atom. The Bertz CT molecular complexity index is 390. The average molecular weight is 265 g/mol. The molecule has 1 aromatic carbocycles. The van der Waals surface area contributed by atoms with Gasteiger partial charge in [0.05, 0.1) is 20.1 Å². The van der Waals surface area contributed by atoms with Crippen LogP contribution in [0.15, 0.2) is 30.3 Å². The Hall–Kier alpha value is -1.39. The van der Waals surface area contributed by atoms with Crippen LogP contribution in [0.2, 0.25) is 0 Å². The SMILES string of the molecule is CC(=O)[O-].C[N+]1(CCc2ccccc2)CCCC1O. The van der Waals surface area contributed by atoms with Gasteiger partial charge in [-0.05, 0) is 12.5 Å². The highest BCUT2D eigenvalue weighted by Crippen LogP contribution is 2.23. The molecule has 1 fully saturated rings. The third-order valence-electron chi connectivity index (χ3n) is 3.60. The van der Waals surface area contributed by atoms with Gasteiger partial charge >= 0.3 is 0 Å². The third-order valence-corrected chi connectivity index (χ3v) is 3.60. The summed E-state index contributed by atoms with van der Waals surface area (Å²) in [6.07, 6.45) is 3.04. The van der Waals surface area contributed by atoms with Gasteiger partial charge < -0.3 is 19.5 Å². The van der Waals surface area contributed by atoms with Crippen molar-refractivity contribution in [3.63, 3.8) is 0 Å². The number of rotatable bonds is 3. The molecule has 0 radical (unpaired) electrons. The summed E-state index contributed by atoms with van der Waals surface area (Å²) in [5.41, 5.74) is 1.37. The van der Waals surface area contributed by atoms with Crippen molar-refractivity contribution in [1.29, 1.82) is 0 Å². The maximum Gasteiger partial charge on any atom is 0.190 e. The summed E-state index contributed by atoms with van der Waals surface area (Å²) in [4.78, 5) is 8.89. The number of carbonyl (C=O) groups is 1. The predicted molar refractivity (Wildman–Crippen MR) is 72.0 cm³/mol. The fraction of sp³-hybridized carbons (Fsp3) is 0.533. The minimum Gasteiger partial charge on any atom is -0.550 e. The lowest BCUT2D eigenvalue weighted by Gasteiger charge is -2.33. The van der Waals surface area contributed by atoms with Crippen LogP contribution in [0, 0.1) is 0 Å². The van der Waals surface area contributed by atoms with E-state index in [1.54, 1.807) is 0 Å². The molecule has 4 nitrogen and oxygen atoms in total. The fourth-order valence-corrected chi connectivity index (χ4v) is 2.39. The van der Waals surface area contributed by atoms with E-state index in [4.69, 9.17) is 9.90 Å². The van der Waals surface area contributed by atoms with E-state index in [0.717, 1.165) is 43.8 Å². The Kier molecular flexibility index (Phi) is 5.99. The number of hydrogen-bond acceptors (Lipinski definition) is 3. The van der Waals surface area contributed by atoms with Crippen LogP contribution in [0.25, 0.3) is 0 Å². The van der Waals surface area contributed by atoms with Crippen molar-refractivity contribution in [2.75, 3.05) is 20.1 Å². The van der Waals surface area contributed by atoms with Gasteiger partial charge in [0.2, 0.25) is 0 Å². The van der Waals surface area contributed by atoms with Crippen molar-refractivity contribution in [2.24, 2.45) is 0 Å². The number of likely N-dealkylation sites (N-methyl/N-ethyl adjacent to an activating group) is 1. The second-order valence-electron chi connectivity index (χ2n) is 5.28. The van der Waals surface area contributed by atoms with Crippen LogP contribution in [-0.4, -0.2) is 41.9 Å². The maximum absolute atomic E-state index is 9.90. The standard InChI is InChI=1S/C13H20NO.C2H4O2/c1-14(10-5-8-13(14)15)11-9-12-6-3-2-4-7-12;1-2(3)4/h2-4,6-7,13,15H,5,8-11H2,1H3;1H3,(H,3,4)/q+1;/p-1. The molecule has 1 heterocycles. The molecule has 0 aliphatic carbocycles. The minimum absolute atomic E-state index is 0.145. The minimum atomic E-state index is -1.08. The number of carboxylic acids is 1. The second kappa shape index (κ2) is 7.26. The quantitative estimate of drug-likeness (QED) is 0.812. The first-order valence-electron chi connectivity index (χ1n) is 6.68. The first kappa shape index (κ1) is 15.7. The Morgan fingerprint density at radius 3 is 2.47 bits per heavy atom. The van der Waals surface area contributed by atoms with E-state index in [1.807, 2.05) is 6.07 Å². The van der Waals surface area contributed by atoms with E-state index in [0.29, 0.717) is 0 Å². The monoisotopic (exact) mass is 265 g/mol. The molecule has 106 valence electrons. The summed E-state index contributed by atoms with van der Waals surface area (Å²) in [5.74, 6) is -1.08. The van der Waals surface area contributed by atoms with Crippen molar-refractivity contribution in [2.45, 2.75) is 32.4 Å². The van der Waals surface area contributed by atoms with E-state index in [-0.39, 0.29) is 6.23 Å². The molecule has 0 aromatic heterocycles. The lowest BCUT2D eigenvalue weighted by Crippen LogP contribution is -2.49. The summed E-state index contributed by atoms with van der Waals surface area (Å²) in [6, 6.07) is 10.5. The second-order valence-corrected chi connectivity index (χ2v) is 5.28. The van der Waals surface area contributed by atoms with Gasteiger partial charge in [0, 0.05) is 25.2 Å². The number of hydrogen-bond donors (Lipinski definition) is 1. The smallest absolute Gasteiger partial charge is 0.190 e. The molecule has 0 amide bonds. The molecule has 2 atom stereocenters. The number of aliphatic hydroxyl groups excluding tert-OH is 1. The molecule has 4 heteroatoms. The molecule has 1 aromatic rings. The van der Waals surface area contributed by atoms with E-state index in [9.17, 15) is 5.11 Å². The topological polar surface area (TPSA) is 60.4 Å². The summed E-state index contributed by atoms with van der Waals surface area (Å²) >= 11 is 0. The molecule has 2 rings (SSSR count). The van der Waals surface area contributed by atoms with E-state index < -0.39 is 5.97 Å². The zero-order chi connectivity index (χ0) is 14.3. The number of nitrogens with zero attached hydrogens (tertiary/aromatic N) is 1. The number of carboxylic acid groups (broad SMARTS) is 1. The molecule has 1 aliphatic rings. The lowest BCUT2D eigenvalue weighted by atomic mass is 10.1. The van der Waals surface area contributed by atoms with Gasteiger partial charge in [-0.1, -0.05) is 30.3 Å². The van der Waals surface area contributed by atoms with Gasteiger partial charge in [-0.2, -0.15) is 0 Å². The van der Waals surface area contributed by atoms with Gasteiger partial charge in [-0.3, -0.25) is 0 Å². The summed E-state index contributed by atoms with van der Waals surface area (Å²) < 4.78 is 0.828. The Balaban J connectivity index is 0.000000399. The van der Waals surface area contributed by atoms with Crippen molar-refractivity contribution >= 4 is 5.97 Å². The molecule has 1 aliphatic heterocycles. The van der Waals surface area contributed by atoms with E-state index in [2.05, 4.69) is 31.3 Å². The normalized spacial score (nSPS) is 25.5. The largest absolute Gasteiger partial charge is 0.550 e. The predicted octanol–water partition coefficient (Wildman–Crippen LogP) is 0.544. The molecule has 19 heavy (non-hydrogen) atoms. The summed E-state index contributed by atoms with van der Waals surface area (Å²) in [7, 11) is 2.17. The zero-order valence-electron chi connectivity index (χ0n) is 11.7. The highest BCUT2D eigenvalue weighted by atomic mass is 16.4. The van der Waals surface area contributed by atoms with Gasteiger partial charge in [0.15, 0.2) is 6.23 Å². The van der Waals surface area contributed by atoms with Crippen LogP contribution in [0.4, 0.5) is 0 Å². The number of benzene rings is 1. The Morgan fingerprint density at radius 1 is 1.42 bits per heavy atom. The van der Waals surface area contributed by atoms with Gasteiger partial charge in [0.25, 0.3) is 0 Å². The molecule has 2 unspecified atom stereocenters. The third kappa shape index (κ3) is 5.41. The van der Waals surface area contributed by atoms with E-state index in [1.165, 1.54) is 5.56 Å². The van der Waals surface area contributed by atoms with Crippen molar-refractivity contribution < 1.29 is 19.5 Å².